The number of pyridine rings is 3. The molecular weight excluding hydrogens is 376 g/mol. The lowest BCUT2D eigenvalue weighted by atomic mass is 10.1. The minimum absolute atomic E-state index is 0.605. The third-order valence-electron chi connectivity index (χ3n) is 4.72. The van der Waals surface area contributed by atoms with Gasteiger partial charge in [-0.15, -0.1) is 0 Å². The summed E-state index contributed by atoms with van der Waals surface area (Å²) in [6.45, 7) is 1.92. The average molecular weight is 400 g/mol. The summed E-state index contributed by atoms with van der Waals surface area (Å²) in [5.74, 6) is 1.44. The van der Waals surface area contributed by atoms with E-state index in [1.165, 1.54) is 0 Å². The number of hydrogen-bond acceptors (Lipinski definition) is 7. The SMILES string of the molecule is COCCNc1cc(-c2ccc(N)c(NCc3ccc4ncccc4c3)n2)ccn1. The van der Waals surface area contributed by atoms with Crippen LogP contribution in [0.15, 0.2) is 67.0 Å². The van der Waals surface area contributed by atoms with Crippen LogP contribution in [0.2, 0.25) is 0 Å². The molecule has 30 heavy (non-hydrogen) atoms. The van der Waals surface area contributed by atoms with E-state index in [1.54, 1.807) is 19.5 Å². The summed E-state index contributed by atoms with van der Waals surface area (Å²) in [7, 11) is 1.67. The number of benzene rings is 1. The van der Waals surface area contributed by atoms with Crippen LogP contribution in [0, 0.1) is 0 Å². The third kappa shape index (κ3) is 4.64. The second-order valence-corrected chi connectivity index (χ2v) is 6.87. The van der Waals surface area contributed by atoms with Gasteiger partial charge in [0, 0.05) is 43.5 Å². The van der Waals surface area contributed by atoms with Crippen molar-refractivity contribution < 1.29 is 4.74 Å². The maximum absolute atomic E-state index is 6.16. The smallest absolute Gasteiger partial charge is 0.150 e. The zero-order valence-electron chi connectivity index (χ0n) is 16.8. The van der Waals surface area contributed by atoms with Crippen molar-refractivity contribution in [1.29, 1.82) is 0 Å². The molecule has 1 aromatic carbocycles. The van der Waals surface area contributed by atoms with Gasteiger partial charge in [-0.25, -0.2) is 9.97 Å². The van der Waals surface area contributed by atoms with E-state index in [9.17, 15) is 0 Å². The molecule has 7 heteroatoms. The number of nitrogens with two attached hydrogens (primary N) is 1. The number of hydrogen-bond donors (Lipinski definition) is 3. The predicted octanol–water partition coefficient (Wildman–Crippen LogP) is 3.94. The molecule has 0 aliphatic carbocycles. The van der Waals surface area contributed by atoms with E-state index >= 15 is 0 Å². The Bertz CT molecular complexity index is 1150. The Labute approximate surface area is 175 Å². The highest BCUT2D eigenvalue weighted by Crippen LogP contribution is 2.25. The van der Waals surface area contributed by atoms with Gasteiger partial charge in [-0.05, 0) is 48.0 Å². The van der Waals surface area contributed by atoms with E-state index in [2.05, 4.69) is 38.8 Å². The number of methoxy groups -OCH3 is 1. The van der Waals surface area contributed by atoms with Gasteiger partial charge in [0.1, 0.15) is 11.6 Å². The van der Waals surface area contributed by atoms with Crippen molar-refractivity contribution in [3.63, 3.8) is 0 Å². The van der Waals surface area contributed by atoms with Crippen LogP contribution < -0.4 is 16.4 Å². The van der Waals surface area contributed by atoms with Gasteiger partial charge in [0.2, 0.25) is 0 Å². The largest absolute Gasteiger partial charge is 0.396 e. The Hall–Kier alpha value is -3.71. The zero-order valence-corrected chi connectivity index (χ0v) is 16.8. The number of nitrogens with zero attached hydrogens (tertiary/aromatic N) is 3. The van der Waals surface area contributed by atoms with Gasteiger partial charge in [-0.2, -0.15) is 0 Å². The van der Waals surface area contributed by atoms with Crippen molar-refractivity contribution in [2.45, 2.75) is 6.54 Å². The number of nitrogen functional groups attached to an aromatic ring is 1. The van der Waals surface area contributed by atoms with Crippen LogP contribution in [0.5, 0.6) is 0 Å². The lowest BCUT2D eigenvalue weighted by Crippen LogP contribution is -2.08. The van der Waals surface area contributed by atoms with Gasteiger partial charge >= 0.3 is 0 Å². The zero-order chi connectivity index (χ0) is 20.8. The molecule has 0 amide bonds. The standard InChI is InChI=1S/C23H24N6O/c1-30-12-11-27-22-14-18(8-10-26-22)21-7-5-19(24)23(29-21)28-15-16-4-6-20-17(13-16)3-2-9-25-20/h2-10,13-14H,11-12,15,24H2,1H3,(H,26,27)(H,28,29). The second-order valence-electron chi connectivity index (χ2n) is 6.87. The fraction of sp³-hybridized carbons (Fsp3) is 0.174. The van der Waals surface area contributed by atoms with Crippen LogP contribution >= 0.6 is 0 Å². The summed E-state index contributed by atoms with van der Waals surface area (Å²) < 4.78 is 5.07. The number of ether oxygens (including phenoxy) is 1. The first kappa shape index (κ1) is 19.6. The van der Waals surface area contributed by atoms with Crippen molar-refractivity contribution in [3.05, 3.63) is 72.6 Å². The van der Waals surface area contributed by atoms with Crippen LogP contribution in [0.3, 0.4) is 0 Å². The third-order valence-corrected chi connectivity index (χ3v) is 4.72. The predicted molar refractivity (Wildman–Crippen MR) is 121 cm³/mol. The molecule has 0 aliphatic heterocycles. The Morgan fingerprint density at radius 1 is 0.967 bits per heavy atom. The molecule has 4 rings (SSSR count). The summed E-state index contributed by atoms with van der Waals surface area (Å²) in [6.07, 6.45) is 3.56. The Morgan fingerprint density at radius 3 is 2.80 bits per heavy atom. The monoisotopic (exact) mass is 400 g/mol. The lowest BCUT2D eigenvalue weighted by molar-refractivity contribution is 0.210. The van der Waals surface area contributed by atoms with Crippen molar-refractivity contribution in [3.8, 4) is 11.3 Å². The summed E-state index contributed by atoms with van der Waals surface area (Å²) in [5, 5.41) is 7.70. The topological polar surface area (TPSA) is 98.0 Å². The van der Waals surface area contributed by atoms with Crippen molar-refractivity contribution in [1.82, 2.24) is 15.0 Å². The maximum Gasteiger partial charge on any atom is 0.150 e. The molecule has 0 saturated heterocycles. The van der Waals surface area contributed by atoms with E-state index in [4.69, 9.17) is 15.5 Å². The van der Waals surface area contributed by atoms with Crippen LogP contribution in [-0.2, 0) is 11.3 Å². The van der Waals surface area contributed by atoms with Crippen LogP contribution in [-0.4, -0.2) is 35.2 Å². The fourth-order valence-electron chi connectivity index (χ4n) is 3.16. The first-order valence-corrected chi connectivity index (χ1v) is 9.76. The molecule has 3 heterocycles. The van der Waals surface area contributed by atoms with Crippen molar-refractivity contribution in [2.24, 2.45) is 0 Å². The van der Waals surface area contributed by atoms with Crippen LogP contribution in [0.4, 0.5) is 17.3 Å². The highest BCUT2D eigenvalue weighted by atomic mass is 16.5. The minimum Gasteiger partial charge on any atom is -0.396 e. The Morgan fingerprint density at radius 2 is 1.90 bits per heavy atom. The Kier molecular flexibility index (Phi) is 6.01. The van der Waals surface area contributed by atoms with Crippen LogP contribution in [0.25, 0.3) is 22.2 Å². The van der Waals surface area contributed by atoms with E-state index < -0.39 is 0 Å². The molecule has 0 atom stereocenters. The molecule has 7 nitrogen and oxygen atoms in total. The summed E-state index contributed by atoms with van der Waals surface area (Å²) in [6, 6.07) is 17.9. The average Bonchev–Trinajstić information content (AvgIpc) is 2.79. The number of anilines is 3. The van der Waals surface area contributed by atoms with Crippen molar-refractivity contribution >= 4 is 28.2 Å². The number of aromatic nitrogens is 3. The molecular formula is C23H24N6O. The second kappa shape index (κ2) is 9.19. The normalized spacial score (nSPS) is 10.8. The molecule has 4 aromatic rings. The maximum atomic E-state index is 6.16. The fourth-order valence-corrected chi connectivity index (χ4v) is 3.16. The van der Waals surface area contributed by atoms with Gasteiger partial charge in [0.15, 0.2) is 0 Å². The lowest BCUT2D eigenvalue weighted by Gasteiger charge is -2.12. The molecule has 3 aromatic heterocycles. The van der Waals surface area contributed by atoms with E-state index in [1.807, 2.05) is 36.4 Å². The van der Waals surface area contributed by atoms with E-state index in [-0.39, 0.29) is 0 Å². The summed E-state index contributed by atoms with van der Waals surface area (Å²) in [4.78, 5) is 13.4. The number of nitrogens with one attached hydrogen (secondary N) is 2. The number of fused-ring (bicyclic) bond motifs is 1. The summed E-state index contributed by atoms with van der Waals surface area (Å²) in [5.41, 5.74) is 10.7. The van der Waals surface area contributed by atoms with Gasteiger partial charge in [0.25, 0.3) is 0 Å². The highest BCUT2D eigenvalue weighted by Gasteiger charge is 2.07. The highest BCUT2D eigenvalue weighted by molar-refractivity contribution is 5.79. The molecule has 152 valence electrons. The molecule has 0 bridgehead atoms. The van der Waals surface area contributed by atoms with E-state index in [0.29, 0.717) is 31.2 Å². The van der Waals surface area contributed by atoms with Gasteiger partial charge in [0.05, 0.1) is 23.5 Å². The first-order valence-electron chi connectivity index (χ1n) is 9.76. The van der Waals surface area contributed by atoms with Gasteiger partial charge < -0.3 is 21.1 Å². The van der Waals surface area contributed by atoms with Gasteiger partial charge in [-0.3, -0.25) is 4.98 Å². The summed E-state index contributed by atoms with van der Waals surface area (Å²) >= 11 is 0. The molecule has 0 spiro atoms. The molecule has 0 radical (unpaired) electrons. The molecule has 0 aliphatic rings. The van der Waals surface area contributed by atoms with Crippen molar-refractivity contribution in [2.75, 3.05) is 36.6 Å². The quantitative estimate of drug-likeness (QED) is 0.385. The van der Waals surface area contributed by atoms with E-state index in [0.717, 1.165) is 33.5 Å². The van der Waals surface area contributed by atoms with Crippen LogP contribution in [0.1, 0.15) is 5.56 Å². The molecule has 4 N–H and O–H groups in total. The Balaban J connectivity index is 1.51. The minimum atomic E-state index is 0.605. The molecule has 0 unspecified atom stereocenters. The first-order chi connectivity index (χ1) is 14.7. The number of rotatable bonds is 8. The molecule has 0 saturated carbocycles. The molecule has 0 fully saturated rings. The van der Waals surface area contributed by atoms with Gasteiger partial charge in [-0.1, -0.05) is 12.1 Å².